The number of piperidine rings is 1. The summed E-state index contributed by atoms with van der Waals surface area (Å²) in [5.74, 6) is -0.180. The molecule has 1 aromatic carbocycles. The smallest absolute Gasteiger partial charge is 0.287 e. The second-order valence-electron chi connectivity index (χ2n) is 8.25. The molecule has 33 heavy (non-hydrogen) atoms. The number of nitrogens with zero attached hydrogens (tertiary/aromatic N) is 2. The summed E-state index contributed by atoms with van der Waals surface area (Å²) in [4.78, 5) is 13.1. The molecule has 0 spiro atoms. The van der Waals surface area contributed by atoms with Gasteiger partial charge in [0.25, 0.3) is 5.91 Å². The van der Waals surface area contributed by atoms with Crippen molar-refractivity contribution in [2.45, 2.75) is 44.2 Å². The fraction of sp³-hybridized carbons (Fsp3) is 0.391. The van der Waals surface area contributed by atoms with Crippen LogP contribution >= 0.6 is 46.4 Å². The molecule has 3 heterocycles. The topological polar surface area (TPSA) is 72.1 Å². The third kappa shape index (κ3) is 5.20. The van der Waals surface area contributed by atoms with E-state index in [0.717, 1.165) is 24.8 Å². The first kappa shape index (κ1) is 24.4. The fourth-order valence-electron chi connectivity index (χ4n) is 4.42. The van der Waals surface area contributed by atoms with E-state index in [1.165, 1.54) is 6.20 Å². The summed E-state index contributed by atoms with van der Waals surface area (Å²) in [5.41, 5.74) is 2.13. The Morgan fingerprint density at radius 1 is 1.21 bits per heavy atom. The number of aromatic nitrogens is 2. The van der Waals surface area contributed by atoms with E-state index in [1.54, 1.807) is 23.9 Å². The van der Waals surface area contributed by atoms with Crippen molar-refractivity contribution in [3.63, 3.8) is 0 Å². The number of hydrogen-bond donors (Lipinski definition) is 2. The number of benzene rings is 1. The molecular formula is C23H24Cl4N4O2. The standard InChI is InChI=1S/C23H24Cl4N4O2/c1-3-4-13-8-14(12-5-6-16(24)17(25)7-12)19(11-28-13)30-23(32)20-9-15(22(27)33-20)21-18(26)10-29-31(21)2/h5-7,9-10,13-14,19,28H,3-4,8,11H2,1-2H3,(H,30,32)/t13-,14+,19-/m1/s1. The quantitative estimate of drug-likeness (QED) is 0.391. The number of hydrogen-bond acceptors (Lipinski definition) is 4. The van der Waals surface area contributed by atoms with Gasteiger partial charge in [0.15, 0.2) is 5.76 Å². The van der Waals surface area contributed by atoms with Gasteiger partial charge in [0, 0.05) is 37.7 Å². The van der Waals surface area contributed by atoms with Crippen LogP contribution in [-0.4, -0.2) is 34.3 Å². The summed E-state index contributed by atoms with van der Waals surface area (Å²) in [5, 5.41) is 12.3. The van der Waals surface area contributed by atoms with Gasteiger partial charge in [0.2, 0.25) is 5.22 Å². The molecule has 176 valence electrons. The lowest BCUT2D eigenvalue weighted by Crippen LogP contribution is -2.53. The molecule has 1 aliphatic heterocycles. The van der Waals surface area contributed by atoms with E-state index in [0.29, 0.717) is 38.9 Å². The predicted molar refractivity (Wildman–Crippen MR) is 133 cm³/mol. The summed E-state index contributed by atoms with van der Waals surface area (Å²) in [6.45, 7) is 2.78. The molecule has 2 aromatic heterocycles. The number of rotatable bonds is 6. The summed E-state index contributed by atoms with van der Waals surface area (Å²) in [6.07, 6.45) is 4.52. The summed E-state index contributed by atoms with van der Waals surface area (Å²) >= 11 is 24.9. The number of nitrogens with one attached hydrogen (secondary N) is 2. The van der Waals surface area contributed by atoms with Crippen LogP contribution in [0.2, 0.25) is 20.3 Å². The normalized spacial score (nSPS) is 20.7. The average molecular weight is 530 g/mol. The largest absolute Gasteiger partial charge is 0.439 e. The van der Waals surface area contributed by atoms with E-state index in [-0.39, 0.29) is 28.8 Å². The van der Waals surface area contributed by atoms with Crippen molar-refractivity contribution in [2.24, 2.45) is 7.05 Å². The maximum Gasteiger partial charge on any atom is 0.287 e. The molecule has 1 saturated heterocycles. The van der Waals surface area contributed by atoms with Crippen LogP contribution in [0.1, 0.15) is 48.2 Å². The van der Waals surface area contributed by atoms with E-state index in [4.69, 9.17) is 50.8 Å². The van der Waals surface area contributed by atoms with Crippen LogP contribution in [0.5, 0.6) is 0 Å². The summed E-state index contributed by atoms with van der Waals surface area (Å²) in [7, 11) is 1.74. The third-order valence-corrected chi connectivity index (χ3v) is 7.33. The van der Waals surface area contributed by atoms with Crippen LogP contribution in [0.25, 0.3) is 11.3 Å². The molecule has 1 amide bonds. The molecule has 1 aliphatic rings. The Kier molecular flexibility index (Phi) is 7.61. The van der Waals surface area contributed by atoms with Gasteiger partial charge in [0.05, 0.1) is 32.5 Å². The van der Waals surface area contributed by atoms with Crippen LogP contribution in [-0.2, 0) is 7.05 Å². The number of halogens is 4. The lowest BCUT2D eigenvalue weighted by atomic mass is 9.81. The fourth-order valence-corrected chi connectivity index (χ4v) is 5.22. The van der Waals surface area contributed by atoms with E-state index < -0.39 is 0 Å². The Labute approximate surface area is 212 Å². The van der Waals surface area contributed by atoms with Crippen LogP contribution in [0.4, 0.5) is 0 Å². The van der Waals surface area contributed by atoms with E-state index in [9.17, 15) is 4.79 Å². The van der Waals surface area contributed by atoms with Crippen molar-refractivity contribution in [2.75, 3.05) is 6.54 Å². The van der Waals surface area contributed by atoms with Gasteiger partial charge in [-0.3, -0.25) is 9.48 Å². The van der Waals surface area contributed by atoms with Crippen LogP contribution in [0.15, 0.2) is 34.9 Å². The second-order valence-corrected chi connectivity index (χ2v) is 9.82. The molecule has 4 rings (SSSR count). The third-order valence-electron chi connectivity index (χ3n) is 6.04. The molecule has 2 N–H and O–H groups in total. The lowest BCUT2D eigenvalue weighted by molar-refractivity contribution is 0.0890. The molecule has 3 aromatic rings. The minimum absolute atomic E-state index is 0.0675. The Bertz CT molecular complexity index is 1140. The molecule has 10 heteroatoms. The zero-order chi connectivity index (χ0) is 23.7. The highest BCUT2D eigenvalue weighted by Crippen LogP contribution is 2.36. The molecular weight excluding hydrogens is 506 g/mol. The van der Waals surface area contributed by atoms with E-state index in [2.05, 4.69) is 22.7 Å². The van der Waals surface area contributed by atoms with Gasteiger partial charge in [0.1, 0.15) is 0 Å². The molecule has 1 fully saturated rings. The van der Waals surface area contributed by atoms with Crippen molar-refractivity contribution in [3.05, 3.63) is 62.1 Å². The van der Waals surface area contributed by atoms with E-state index in [1.807, 2.05) is 12.1 Å². The Morgan fingerprint density at radius 2 is 2.00 bits per heavy atom. The first-order valence-electron chi connectivity index (χ1n) is 10.7. The minimum atomic E-state index is -0.354. The molecule has 0 bridgehead atoms. The summed E-state index contributed by atoms with van der Waals surface area (Å²) in [6, 6.07) is 7.43. The molecule has 0 saturated carbocycles. The van der Waals surface area contributed by atoms with Crippen LogP contribution in [0.3, 0.4) is 0 Å². The number of aryl methyl sites for hydroxylation is 1. The van der Waals surface area contributed by atoms with Gasteiger partial charge in [-0.25, -0.2) is 0 Å². The first-order chi connectivity index (χ1) is 15.8. The van der Waals surface area contributed by atoms with Crippen molar-refractivity contribution in [3.8, 4) is 11.3 Å². The molecule has 0 radical (unpaired) electrons. The van der Waals surface area contributed by atoms with Gasteiger partial charge in [-0.05, 0) is 42.1 Å². The maximum absolute atomic E-state index is 13.1. The van der Waals surface area contributed by atoms with Gasteiger partial charge in [-0.2, -0.15) is 5.10 Å². The molecule has 0 aliphatic carbocycles. The van der Waals surface area contributed by atoms with Gasteiger partial charge in [-0.15, -0.1) is 0 Å². The van der Waals surface area contributed by atoms with Crippen molar-refractivity contribution in [1.82, 2.24) is 20.4 Å². The highest BCUT2D eigenvalue weighted by atomic mass is 35.5. The molecule has 0 unspecified atom stereocenters. The number of amides is 1. The molecule has 6 nitrogen and oxygen atoms in total. The maximum atomic E-state index is 13.1. The van der Waals surface area contributed by atoms with Crippen LogP contribution < -0.4 is 10.6 Å². The predicted octanol–water partition coefficient (Wildman–Crippen LogP) is 6.34. The SMILES string of the molecule is CCC[C@@H]1C[C@@H](c2ccc(Cl)c(Cl)c2)[C@H](NC(=O)c2cc(-c3c(Cl)cnn3C)c(Cl)o2)CN1. The Morgan fingerprint density at radius 3 is 2.67 bits per heavy atom. The highest BCUT2D eigenvalue weighted by molar-refractivity contribution is 6.42. The van der Waals surface area contributed by atoms with E-state index >= 15 is 0 Å². The van der Waals surface area contributed by atoms with Gasteiger partial charge < -0.3 is 15.1 Å². The zero-order valence-corrected chi connectivity index (χ0v) is 21.2. The average Bonchev–Trinajstić information content (AvgIpc) is 3.32. The number of carbonyl (C=O) groups excluding carboxylic acids is 1. The minimum Gasteiger partial charge on any atom is -0.439 e. The zero-order valence-electron chi connectivity index (χ0n) is 18.2. The monoisotopic (exact) mass is 528 g/mol. The number of furan rings is 1. The lowest BCUT2D eigenvalue weighted by Gasteiger charge is -2.38. The second kappa shape index (κ2) is 10.3. The van der Waals surface area contributed by atoms with Gasteiger partial charge in [-0.1, -0.05) is 54.2 Å². The summed E-state index contributed by atoms with van der Waals surface area (Å²) < 4.78 is 7.17. The number of carbonyl (C=O) groups is 1. The van der Waals surface area contributed by atoms with Crippen molar-refractivity contribution >= 4 is 52.3 Å². The van der Waals surface area contributed by atoms with Crippen molar-refractivity contribution in [1.29, 1.82) is 0 Å². The molecule has 3 atom stereocenters. The first-order valence-corrected chi connectivity index (χ1v) is 12.3. The Balaban J connectivity index is 1.58. The Hall–Kier alpha value is -1.70. The van der Waals surface area contributed by atoms with Crippen molar-refractivity contribution < 1.29 is 9.21 Å². The van der Waals surface area contributed by atoms with Gasteiger partial charge >= 0.3 is 0 Å². The van der Waals surface area contributed by atoms with Crippen LogP contribution in [0, 0.1) is 0 Å². The highest BCUT2D eigenvalue weighted by Gasteiger charge is 2.33.